The van der Waals surface area contributed by atoms with Gasteiger partial charge in [0.25, 0.3) is 5.56 Å². The molecule has 26 heavy (non-hydrogen) atoms. The number of carbonyl (C=O) groups is 3. The monoisotopic (exact) mass is 367 g/mol. The zero-order chi connectivity index (χ0) is 19.4. The molecule has 13 heteroatoms. The van der Waals surface area contributed by atoms with Crippen LogP contribution in [0, 0.1) is 0 Å². The highest BCUT2D eigenvalue weighted by molar-refractivity contribution is 5.87. The van der Waals surface area contributed by atoms with E-state index >= 15 is 0 Å². The normalized spacial score (nSPS) is 10.6. The first-order valence-corrected chi connectivity index (χ1v) is 7.35. The van der Waals surface area contributed by atoms with E-state index in [0.717, 1.165) is 13.8 Å². The molecular weight excluding hydrogens is 350 g/mol. The minimum atomic E-state index is -0.642. The summed E-state index contributed by atoms with van der Waals surface area (Å²) in [6, 6.07) is 0. The summed E-state index contributed by atoms with van der Waals surface area (Å²) in [6.45, 7) is -1.07. The zero-order valence-corrected chi connectivity index (χ0v) is 14.3. The maximum absolute atomic E-state index is 12.2. The van der Waals surface area contributed by atoms with Crippen LogP contribution in [0.25, 0.3) is 11.2 Å². The van der Waals surface area contributed by atoms with E-state index in [1.807, 2.05) is 0 Å². The predicted octanol–water partition coefficient (Wildman–Crippen LogP) is -3.77. The summed E-state index contributed by atoms with van der Waals surface area (Å²) < 4.78 is 7.41. The van der Waals surface area contributed by atoms with Crippen molar-refractivity contribution in [2.45, 2.75) is 6.54 Å². The van der Waals surface area contributed by atoms with Crippen molar-refractivity contribution in [3.8, 4) is 0 Å². The summed E-state index contributed by atoms with van der Waals surface area (Å²) in [5, 5.41) is 12.0. The Hall–Kier alpha value is -3.51. The zero-order valence-electron chi connectivity index (χ0n) is 14.3. The molecule has 2 heterocycles. The highest BCUT2D eigenvalue weighted by Crippen LogP contribution is 2.02. The fraction of sp³-hybridized carbons (Fsp3) is 0.462. The van der Waals surface area contributed by atoms with Crippen LogP contribution in [-0.4, -0.2) is 62.1 Å². The van der Waals surface area contributed by atoms with Crippen molar-refractivity contribution in [2.24, 2.45) is 14.1 Å². The minimum absolute atomic E-state index is 0.0140. The lowest BCUT2D eigenvalue weighted by molar-refractivity contribution is -0.141. The molecule has 0 spiro atoms. The van der Waals surface area contributed by atoms with E-state index < -0.39 is 29.0 Å². The highest BCUT2D eigenvalue weighted by atomic mass is 16.5. The molecule has 0 aromatic carbocycles. The van der Waals surface area contributed by atoms with Gasteiger partial charge < -0.3 is 15.4 Å². The van der Waals surface area contributed by atoms with Crippen LogP contribution in [0.1, 0.15) is 0 Å². The van der Waals surface area contributed by atoms with Crippen molar-refractivity contribution >= 4 is 28.9 Å². The van der Waals surface area contributed by atoms with Gasteiger partial charge in [0.2, 0.25) is 11.8 Å². The summed E-state index contributed by atoms with van der Waals surface area (Å²) >= 11 is 0. The SMILES string of the molecule is COC(=O)CNC(=O)CNC(=O)Cn1nnc2c1c(=O)n(C)c(=O)n2C. The molecule has 140 valence electrons. The lowest BCUT2D eigenvalue weighted by Crippen LogP contribution is -2.41. The summed E-state index contributed by atoms with van der Waals surface area (Å²) in [6.07, 6.45) is 0. The van der Waals surface area contributed by atoms with Crippen LogP contribution in [0.15, 0.2) is 9.59 Å². The van der Waals surface area contributed by atoms with Gasteiger partial charge >= 0.3 is 11.7 Å². The number of nitrogens with one attached hydrogen (secondary N) is 2. The van der Waals surface area contributed by atoms with E-state index in [-0.39, 0.29) is 30.8 Å². The van der Waals surface area contributed by atoms with Gasteiger partial charge in [0.1, 0.15) is 13.1 Å². The molecule has 2 amide bonds. The Morgan fingerprint density at radius 1 is 1.04 bits per heavy atom. The molecule has 13 nitrogen and oxygen atoms in total. The maximum atomic E-state index is 12.2. The molecule has 0 bridgehead atoms. The van der Waals surface area contributed by atoms with Gasteiger partial charge in [0, 0.05) is 14.1 Å². The Kier molecular flexibility index (Phi) is 5.49. The number of fused-ring (bicyclic) bond motifs is 1. The van der Waals surface area contributed by atoms with Crippen molar-refractivity contribution in [3.63, 3.8) is 0 Å². The van der Waals surface area contributed by atoms with Gasteiger partial charge in [-0.25, -0.2) is 9.48 Å². The van der Waals surface area contributed by atoms with Crippen molar-refractivity contribution in [2.75, 3.05) is 20.2 Å². The average molecular weight is 367 g/mol. The third-order valence-electron chi connectivity index (χ3n) is 3.51. The molecule has 0 atom stereocenters. The van der Waals surface area contributed by atoms with Gasteiger partial charge in [-0.1, -0.05) is 5.21 Å². The second-order valence-electron chi connectivity index (χ2n) is 5.25. The van der Waals surface area contributed by atoms with Crippen LogP contribution in [-0.2, 0) is 39.8 Å². The van der Waals surface area contributed by atoms with Crippen LogP contribution in [0.2, 0.25) is 0 Å². The number of aromatic nitrogens is 5. The smallest absolute Gasteiger partial charge is 0.332 e. The lowest BCUT2D eigenvalue weighted by atomic mass is 10.4. The lowest BCUT2D eigenvalue weighted by Gasteiger charge is -2.07. The number of hydrogen-bond donors (Lipinski definition) is 2. The van der Waals surface area contributed by atoms with Crippen LogP contribution >= 0.6 is 0 Å². The first-order chi connectivity index (χ1) is 12.3. The van der Waals surface area contributed by atoms with Crippen LogP contribution in [0.4, 0.5) is 0 Å². The van der Waals surface area contributed by atoms with Crippen molar-refractivity contribution in [3.05, 3.63) is 20.8 Å². The molecule has 2 aromatic rings. The third kappa shape index (κ3) is 3.76. The third-order valence-corrected chi connectivity index (χ3v) is 3.51. The van der Waals surface area contributed by atoms with E-state index in [1.54, 1.807) is 0 Å². The van der Waals surface area contributed by atoms with E-state index in [9.17, 15) is 24.0 Å². The number of carbonyl (C=O) groups excluding carboxylic acids is 3. The Balaban J connectivity index is 2.06. The molecular formula is C13H17N7O6. The van der Waals surface area contributed by atoms with Gasteiger partial charge in [-0.15, -0.1) is 5.10 Å². The van der Waals surface area contributed by atoms with Crippen molar-refractivity contribution in [1.29, 1.82) is 0 Å². The summed E-state index contributed by atoms with van der Waals surface area (Å²) in [5.41, 5.74) is -1.18. The largest absolute Gasteiger partial charge is 0.468 e. The molecule has 0 radical (unpaired) electrons. The number of rotatable bonds is 6. The topological polar surface area (TPSA) is 159 Å². The molecule has 0 aliphatic carbocycles. The van der Waals surface area contributed by atoms with E-state index in [2.05, 4.69) is 25.7 Å². The van der Waals surface area contributed by atoms with E-state index in [4.69, 9.17) is 0 Å². The Morgan fingerprint density at radius 3 is 2.35 bits per heavy atom. The first-order valence-electron chi connectivity index (χ1n) is 7.35. The second kappa shape index (κ2) is 7.58. The standard InChI is InChI=1S/C13H17N7O6/c1-18-11-10(12(24)19(2)13(18)25)20(17-16-11)6-8(22)14-4-7(21)15-5-9(23)26-3/h4-6H2,1-3H3,(H,14,22)(H,15,21). The van der Waals surface area contributed by atoms with E-state index in [0.29, 0.717) is 0 Å². The molecule has 0 saturated heterocycles. The predicted molar refractivity (Wildman–Crippen MR) is 86.0 cm³/mol. The number of esters is 1. The Bertz CT molecular complexity index is 985. The van der Waals surface area contributed by atoms with Gasteiger partial charge in [0.05, 0.1) is 13.7 Å². The number of amides is 2. The number of hydrogen-bond acceptors (Lipinski definition) is 8. The summed E-state index contributed by atoms with van der Waals surface area (Å²) in [4.78, 5) is 58.4. The number of methoxy groups -OCH3 is 1. The van der Waals surface area contributed by atoms with Crippen molar-refractivity contribution in [1.82, 2.24) is 34.8 Å². The number of aryl methyl sites for hydroxylation is 1. The summed E-state index contributed by atoms with van der Waals surface area (Å²) in [5.74, 6) is -1.83. The molecule has 0 saturated carbocycles. The maximum Gasteiger partial charge on any atom is 0.332 e. The van der Waals surface area contributed by atoms with E-state index in [1.165, 1.54) is 21.2 Å². The van der Waals surface area contributed by atoms with Crippen LogP contribution in [0.5, 0.6) is 0 Å². The van der Waals surface area contributed by atoms with Crippen LogP contribution < -0.4 is 21.9 Å². The van der Waals surface area contributed by atoms with Gasteiger partial charge in [-0.05, 0) is 0 Å². The van der Waals surface area contributed by atoms with Gasteiger partial charge in [0.15, 0.2) is 11.2 Å². The summed E-state index contributed by atoms with van der Waals surface area (Å²) in [7, 11) is 3.90. The molecule has 0 aliphatic rings. The molecule has 2 aromatic heterocycles. The van der Waals surface area contributed by atoms with Gasteiger partial charge in [-0.3, -0.25) is 28.3 Å². The Morgan fingerprint density at radius 2 is 1.69 bits per heavy atom. The molecule has 0 unspecified atom stereocenters. The molecule has 2 rings (SSSR count). The molecule has 2 N–H and O–H groups in total. The van der Waals surface area contributed by atoms with Gasteiger partial charge in [-0.2, -0.15) is 0 Å². The first kappa shape index (κ1) is 18.8. The quantitative estimate of drug-likeness (QED) is 0.492. The molecule has 0 fully saturated rings. The number of nitrogens with zero attached hydrogens (tertiary/aromatic N) is 5. The average Bonchev–Trinajstić information content (AvgIpc) is 3.04. The minimum Gasteiger partial charge on any atom is -0.468 e. The molecule has 0 aliphatic heterocycles. The second-order valence-corrected chi connectivity index (χ2v) is 5.25. The number of ether oxygens (including phenoxy) is 1. The van der Waals surface area contributed by atoms with Crippen LogP contribution in [0.3, 0.4) is 0 Å². The van der Waals surface area contributed by atoms with Crippen molar-refractivity contribution < 1.29 is 19.1 Å². The highest BCUT2D eigenvalue weighted by Gasteiger charge is 2.17. The fourth-order valence-corrected chi connectivity index (χ4v) is 2.08. The Labute approximate surface area is 145 Å². The fourth-order valence-electron chi connectivity index (χ4n) is 2.08.